The molecule has 0 aliphatic carbocycles. The van der Waals surface area contributed by atoms with Gasteiger partial charge in [0.05, 0.1) is 0 Å². The normalized spacial score (nSPS) is 13.2. The van der Waals surface area contributed by atoms with Crippen LogP contribution in [0.5, 0.6) is 0 Å². The fourth-order valence-corrected chi connectivity index (χ4v) is 7.31. The molecule has 0 aliphatic heterocycles. The first-order chi connectivity index (χ1) is 35.5. The summed E-state index contributed by atoms with van der Waals surface area (Å²) in [5.74, 6) is -1.04. The van der Waals surface area contributed by atoms with Gasteiger partial charge in [0.25, 0.3) is 0 Å². The van der Waals surface area contributed by atoms with Crippen LogP contribution in [0, 0.1) is 0 Å². The second kappa shape index (κ2) is 58.9. The maximum atomic E-state index is 12.9. The van der Waals surface area contributed by atoms with Crippen LogP contribution in [0.1, 0.15) is 233 Å². The summed E-state index contributed by atoms with van der Waals surface area (Å²) < 4.78 is 16.8. The zero-order valence-electron chi connectivity index (χ0n) is 46.1. The van der Waals surface area contributed by atoms with Crippen LogP contribution in [0.15, 0.2) is 146 Å². The van der Waals surface area contributed by atoms with Gasteiger partial charge in [-0.1, -0.05) is 231 Å². The lowest BCUT2D eigenvalue weighted by Gasteiger charge is -2.18. The lowest BCUT2D eigenvalue weighted by molar-refractivity contribution is -0.166. The van der Waals surface area contributed by atoms with Crippen molar-refractivity contribution in [3.63, 3.8) is 0 Å². The van der Waals surface area contributed by atoms with Crippen molar-refractivity contribution in [2.24, 2.45) is 0 Å². The van der Waals surface area contributed by atoms with Gasteiger partial charge >= 0.3 is 17.9 Å². The maximum absolute atomic E-state index is 12.9. The standard InChI is InChI=1S/C66H104O6/c1-4-7-10-13-16-19-22-25-27-29-31-32-33-34-35-37-38-41-44-47-50-53-56-59-65(68)71-62-63(61-70-64(67)58-55-52-49-46-43-40-24-21-18-15-12-9-6-3)72-66(69)60-57-54-51-48-45-42-39-36-30-28-26-23-20-17-14-11-8-5-2/h7,9-10,12,16,18-21,23,25,27-28,30-32,34-35,38,40-41,43,49,52,63H,4-6,8,11,13-15,17,22,24,26,29,33,36-37,39,42,44-48,50-51,53-62H2,1-3H3/b10-7-,12-9-,19-16-,21-18-,23-20-,27-25-,30-28-,32-31-,35-34-,41-38-,43-40-,52-49-. The van der Waals surface area contributed by atoms with E-state index in [4.69, 9.17) is 14.2 Å². The third kappa shape index (κ3) is 56.2. The second-order valence-electron chi connectivity index (χ2n) is 18.4. The van der Waals surface area contributed by atoms with Crippen molar-refractivity contribution in [2.45, 2.75) is 239 Å². The van der Waals surface area contributed by atoms with Crippen molar-refractivity contribution in [3.8, 4) is 0 Å². The molecular formula is C66H104O6. The highest BCUT2D eigenvalue weighted by atomic mass is 16.6. The van der Waals surface area contributed by atoms with Crippen LogP contribution in [0.2, 0.25) is 0 Å². The molecule has 0 bridgehead atoms. The third-order valence-corrected chi connectivity index (χ3v) is 11.6. The van der Waals surface area contributed by atoms with Crippen molar-refractivity contribution in [3.05, 3.63) is 146 Å². The van der Waals surface area contributed by atoms with E-state index < -0.39 is 6.10 Å². The third-order valence-electron chi connectivity index (χ3n) is 11.6. The number of ether oxygens (including phenoxy) is 3. The molecule has 0 rings (SSSR count). The SMILES string of the molecule is CC/C=C\C/C=C\C/C=C\C/C=C\C/C=C\C/C=C\CCCCCCC(=O)OCC(COC(=O)CC/C=C\C/C=C\C/C=C\C/C=C\CC)OC(=O)CCCCCCCCC/C=C\C/C=C\CCCCCC. The fraction of sp³-hybridized carbons (Fsp3) is 0.591. The van der Waals surface area contributed by atoms with E-state index in [1.54, 1.807) is 0 Å². The van der Waals surface area contributed by atoms with Gasteiger partial charge in [0.15, 0.2) is 6.10 Å². The van der Waals surface area contributed by atoms with Crippen molar-refractivity contribution >= 4 is 17.9 Å². The molecule has 6 heteroatoms. The van der Waals surface area contributed by atoms with Gasteiger partial charge in [0.2, 0.25) is 0 Å². The Kier molecular flexibility index (Phi) is 55.0. The number of carbonyl (C=O) groups excluding carboxylic acids is 3. The molecule has 0 aliphatic rings. The van der Waals surface area contributed by atoms with E-state index in [1.807, 2.05) is 12.2 Å². The number of unbranched alkanes of at least 4 members (excludes halogenated alkanes) is 15. The average molecular weight is 994 g/mol. The van der Waals surface area contributed by atoms with Crippen molar-refractivity contribution in [1.29, 1.82) is 0 Å². The van der Waals surface area contributed by atoms with E-state index in [-0.39, 0.29) is 37.5 Å². The average Bonchev–Trinajstić information content (AvgIpc) is 3.38. The molecule has 0 radical (unpaired) electrons. The van der Waals surface area contributed by atoms with Crippen LogP contribution in [0.4, 0.5) is 0 Å². The first-order valence-electron chi connectivity index (χ1n) is 28.8. The summed E-state index contributed by atoms with van der Waals surface area (Å²) in [7, 11) is 0. The molecular weight excluding hydrogens is 889 g/mol. The van der Waals surface area contributed by atoms with Crippen LogP contribution < -0.4 is 0 Å². The predicted molar refractivity (Wildman–Crippen MR) is 311 cm³/mol. The van der Waals surface area contributed by atoms with E-state index in [1.165, 1.54) is 57.8 Å². The Bertz CT molecular complexity index is 1610. The fourth-order valence-electron chi connectivity index (χ4n) is 7.31. The van der Waals surface area contributed by atoms with Crippen molar-refractivity contribution in [1.82, 2.24) is 0 Å². The number of rotatable bonds is 50. The van der Waals surface area contributed by atoms with Crippen molar-refractivity contribution in [2.75, 3.05) is 13.2 Å². The summed E-state index contributed by atoms with van der Waals surface area (Å²) in [4.78, 5) is 38.1. The first-order valence-corrected chi connectivity index (χ1v) is 28.8. The zero-order chi connectivity index (χ0) is 52.2. The summed E-state index contributed by atoms with van der Waals surface area (Å²) in [5.41, 5.74) is 0. The molecule has 1 unspecified atom stereocenters. The lowest BCUT2D eigenvalue weighted by atomic mass is 10.1. The van der Waals surface area contributed by atoms with Crippen LogP contribution >= 0.6 is 0 Å². The highest BCUT2D eigenvalue weighted by molar-refractivity contribution is 5.71. The van der Waals surface area contributed by atoms with E-state index in [0.29, 0.717) is 19.3 Å². The van der Waals surface area contributed by atoms with E-state index in [9.17, 15) is 14.4 Å². The molecule has 0 aromatic carbocycles. The summed E-state index contributed by atoms with van der Waals surface area (Å²) in [6.07, 6.45) is 84.2. The monoisotopic (exact) mass is 993 g/mol. The van der Waals surface area contributed by atoms with Gasteiger partial charge in [0.1, 0.15) is 13.2 Å². The minimum Gasteiger partial charge on any atom is -0.462 e. The first kappa shape index (κ1) is 67.3. The molecule has 72 heavy (non-hydrogen) atoms. The van der Waals surface area contributed by atoms with E-state index in [0.717, 1.165) is 128 Å². The Balaban J connectivity index is 4.51. The molecule has 0 heterocycles. The van der Waals surface area contributed by atoms with Crippen LogP contribution in [0.3, 0.4) is 0 Å². The largest absolute Gasteiger partial charge is 0.462 e. The smallest absolute Gasteiger partial charge is 0.306 e. The van der Waals surface area contributed by atoms with Gasteiger partial charge in [-0.05, 0) is 128 Å². The molecule has 0 fully saturated rings. The summed E-state index contributed by atoms with van der Waals surface area (Å²) in [6.45, 7) is 6.29. The van der Waals surface area contributed by atoms with Gasteiger partial charge < -0.3 is 14.2 Å². The van der Waals surface area contributed by atoms with Gasteiger partial charge in [0, 0.05) is 19.3 Å². The summed E-state index contributed by atoms with van der Waals surface area (Å²) >= 11 is 0. The number of esters is 3. The van der Waals surface area contributed by atoms with E-state index in [2.05, 4.69) is 154 Å². The molecule has 404 valence electrons. The molecule has 6 nitrogen and oxygen atoms in total. The van der Waals surface area contributed by atoms with Gasteiger partial charge in [-0.15, -0.1) is 0 Å². The Hall–Kier alpha value is -4.71. The highest BCUT2D eigenvalue weighted by Gasteiger charge is 2.19. The topological polar surface area (TPSA) is 78.9 Å². The molecule has 0 spiro atoms. The second-order valence-corrected chi connectivity index (χ2v) is 18.4. The van der Waals surface area contributed by atoms with E-state index >= 15 is 0 Å². The van der Waals surface area contributed by atoms with Gasteiger partial charge in [-0.3, -0.25) is 14.4 Å². The highest BCUT2D eigenvalue weighted by Crippen LogP contribution is 2.13. The Morgan fingerprint density at radius 1 is 0.292 bits per heavy atom. The summed E-state index contributed by atoms with van der Waals surface area (Å²) in [6, 6.07) is 0. The maximum Gasteiger partial charge on any atom is 0.306 e. The lowest BCUT2D eigenvalue weighted by Crippen LogP contribution is -2.30. The quantitative estimate of drug-likeness (QED) is 0.0261. The van der Waals surface area contributed by atoms with Crippen LogP contribution in [-0.2, 0) is 28.6 Å². The summed E-state index contributed by atoms with van der Waals surface area (Å²) in [5, 5.41) is 0. The molecule has 0 aromatic heterocycles. The van der Waals surface area contributed by atoms with Gasteiger partial charge in [-0.2, -0.15) is 0 Å². The number of hydrogen-bond donors (Lipinski definition) is 0. The molecule has 1 atom stereocenters. The Morgan fingerprint density at radius 3 is 0.931 bits per heavy atom. The Labute approximate surface area is 442 Å². The minimum absolute atomic E-state index is 0.123. The zero-order valence-corrected chi connectivity index (χ0v) is 46.1. The number of allylic oxidation sites excluding steroid dienone is 24. The molecule has 0 aromatic rings. The van der Waals surface area contributed by atoms with Crippen LogP contribution in [-0.4, -0.2) is 37.2 Å². The minimum atomic E-state index is -0.829. The number of hydrogen-bond acceptors (Lipinski definition) is 6. The molecule has 0 saturated carbocycles. The Morgan fingerprint density at radius 2 is 0.569 bits per heavy atom. The number of carbonyl (C=O) groups is 3. The van der Waals surface area contributed by atoms with Gasteiger partial charge in [-0.25, -0.2) is 0 Å². The predicted octanol–water partition coefficient (Wildman–Crippen LogP) is 19.6. The van der Waals surface area contributed by atoms with Crippen molar-refractivity contribution < 1.29 is 28.6 Å². The molecule has 0 saturated heterocycles. The molecule has 0 amide bonds. The molecule has 0 N–H and O–H groups in total. The van der Waals surface area contributed by atoms with Crippen LogP contribution in [0.25, 0.3) is 0 Å².